The summed E-state index contributed by atoms with van der Waals surface area (Å²) in [6.07, 6.45) is -0.575. The molecule has 0 spiro atoms. The van der Waals surface area contributed by atoms with Crippen LogP contribution >= 0.6 is 0 Å². The van der Waals surface area contributed by atoms with Crippen LogP contribution in [0.4, 0.5) is 14.9 Å². The molecule has 0 aromatic heterocycles. The molecule has 0 atom stereocenters. The van der Waals surface area contributed by atoms with E-state index in [1.165, 1.54) is 0 Å². The van der Waals surface area contributed by atoms with Crippen LogP contribution in [-0.4, -0.2) is 19.4 Å². The summed E-state index contributed by atoms with van der Waals surface area (Å²) in [7, 11) is 0. The molecule has 2 rings (SSSR count). The van der Waals surface area contributed by atoms with Gasteiger partial charge in [0.25, 0.3) is 0 Å². The van der Waals surface area contributed by atoms with Crippen molar-refractivity contribution in [2.24, 2.45) is 0 Å². The molecule has 1 amide bonds. The molecule has 1 N–H and O–H groups in total. The molecule has 0 saturated carbocycles. The van der Waals surface area contributed by atoms with Crippen LogP contribution in [-0.2, 0) is 0 Å². The molecule has 0 radical (unpaired) electrons. The van der Waals surface area contributed by atoms with Gasteiger partial charge in [0.05, 0.1) is 0 Å². The Morgan fingerprint density at radius 2 is 1.70 bits per heavy atom. The minimum absolute atomic E-state index is 0.0167. The molecule has 5 heteroatoms. The summed E-state index contributed by atoms with van der Waals surface area (Å²) in [6, 6.07) is 15.4. The molecule has 0 unspecified atom stereocenters. The number of carbonyl (C=O) groups is 1. The standard InChI is InChI=1S/C15H14FNO3/c16-10-11-19-13-8-6-12(7-9-13)17-15(18)20-14-4-2-1-3-5-14/h1-9H,10-11H2,(H,17,18). The van der Waals surface area contributed by atoms with Crippen molar-refractivity contribution in [1.29, 1.82) is 0 Å². The van der Waals surface area contributed by atoms with Crippen LogP contribution in [0, 0.1) is 0 Å². The number of nitrogens with one attached hydrogen (secondary N) is 1. The van der Waals surface area contributed by atoms with Crippen LogP contribution in [0.5, 0.6) is 11.5 Å². The first-order chi connectivity index (χ1) is 9.78. The molecule has 20 heavy (non-hydrogen) atoms. The maximum absolute atomic E-state index is 11.9. The SMILES string of the molecule is O=C(Nc1ccc(OCCF)cc1)Oc1ccccc1. The Bertz CT molecular complexity index is 543. The molecule has 0 aliphatic carbocycles. The molecule has 0 heterocycles. The first-order valence-electron chi connectivity index (χ1n) is 6.10. The normalized spacial score (nSPS) is 9.85. The van der Waals surface area contributed by atoms with Gasteiger partial charge < -0.3 is 9.47 Å². The minimum Gasteiger partial charge on any atom is -0.491 e. The second-order valence-corrected chi connectivity index (χ2v) is 3.89. The minimum atomic E-state index is -0.575. The highest BCUT2D eigenvalue weighted by molar-refractivity contribution is 5.86. The van der Waals surface area contributed by atoms with E-state index in [4.69, 9.17) is 9.47 Å². The number of ether oxygens (including phenoxy) is 2. The summed E-state index contributed by atoms with van der Waals surface area (Å²) in [5.41, 5.74) is 0.568. The van der Waals surface area contributed by atoms with E-state index in [-0.39, 0.29) is 6.61 Å². The van der Waals surface area contributed by atoms with Gasteiger partial charge in [0.2, 0.25) is 0 Å². The van der Waals surface area contributed by atoms with Crippen molar-refractivity contribution in [2.75, 3.05) is 18.6 Å². The first-order valence-corrected chi connectivity index (χ1v) is 6.10. The van der Waals surface area contributed by atoms with E-state index in [0.717, 1.165) is 0 Å². The summed E-state index contributed by atoms with van der Waals surface area (Å²) in [6.45, 7) is -0.522. The monoisotopic (exact) mass is 275 g/mol. The molecule has 0 fully saturated rings. The second kappa shape index (κ2) is 7.13. The van der Waals surface area contributed by atoms with Gasteiger partial charge in [-0.2, -0.15) is 0 Å². The fourth-order valence-electron chi connectivity index (χ4n) is 1.53. The molecule has 2 aromatic carbocycles. The van der Waals surface area contributed by atoms with E-state index >= 15 is 0 Å². The van der Waals surface area contributed by atoms with Gasteiger partial charge in [-0.25, -0.2) is 9.18 Å². The van der Waals surface area contributed by atoms with Gasteiger partial charge >= 0.3 is 6.09 Å². The van der Waals surface area contributed by atoms with E-state index < -0.39 is 12.8 Å². The van der Waals surface area contributed by atoms with Gasteiger partial charge in [-0.1, -0.05) is 18.2 Å². The van der Waals surface area contributed by atoms with Crippen molar-refractivity contribution >= 4 is 11.8 Å². The molecular formula is C15H14FNO3. The van der Waals surface area contributed by atoms with E-state index in [9.17, 15) is 9.18 Å². The van der Waals surface area contributed by atoms with Gasteiger partial charge in [-0.05, 0) is 36.4 Å². The highest BCUT2D eigenvalue weighted by atomic mass is 19.1. The van der Waals surface area contributed by atoms with Crippen LogP contribution in [0.25, 0.3) is 0 Å². The van der Waals surface area contributed by atoms with E-state index in [1.807, 2.05) is 6.07 Å². The average Bonchev–Trinajstić information content (AvgIpc) is 2.47. The Morgan fingerprint density at radius 3 is 2.35 bits per heavy atom. The topological polar surface area (TPSA) is 47.6 Å². The molecule has 0 aliphatic heterocycles. The Balaban J connectivity index is 1.88. The maximum atomic E-state index is 11.9. The van der Waals surface area contributed by atoms with Crippen molar-refractivity contribution in [3.05, 3.63) is 54.6 Å². The van der Waals surface area contributed by atoms with Crippen molar-refractivity contribution < 1.29 is 18.7 Å². The van der Waals surface area contributed by atoms with Crippen LogP contribution in [0.3, 0.4) is 0 Å². The molecule has 0 bridgehead atoms. The number of para-hydroxylation sites is 1. The fraction of sp³-hybridized carbons (Fsp3) is 0.133. The lowest BCUT2D eigenvalue weighted by molar-refractivity contribution is 0.215. The van der Waals surface area contributed by atoms with Gasteiger partial charge in [-0.15, -0.1) is 0 Å². The number of carbonyl (C=O) groups excluding carboxylic acids is 1. The number of alkyl halides is 1. The second-order valence-electron chi connectivity index (χ2n) is 3.89. The van der Waals surface area contributed by atoms with Crippen molar-refractivity contribution in [2.45, 2.75) is 0 Å². The molecule has 0 aliphatic rings. The summed E-state index contributed by atoms with van der Waals surface area (Å²) >= 11 is 0. The van der Waals surface area contributed by atoms with E-state index in [2.05, 4.69) is 5.32 Å². The average molecular weight is 275 g/mol. The van der Waals surface area contributed by atoms with Crippen LogP contribution in [0.2, 0.25) is 0 Å². The zero-order valence-corrected chi connectivity index (χ0v) is 10.7. The third-order valence-corrected chi connectivity index (χ3v) is 2.40. The van der Waals surface area contributed by atoms with Crippen molar-refractivity contribution in [1.82, 2.24) is 0 Å². The number of halogens is 1. The van der Waals surface area contributed by atoms with Gasteiger partial charge in [0.15, 0.2) is 0 Å². The number of hydrogen-bond donors (Lipinski definition) is 1. The maximum Gasteiger partial charge on any atom is 0.417 e. The lowest BCUT2D eigenvalue weighted by atomic mass is 10.3. The summed E-state index contributed by atoms with van der Waals surface area (Å²) in [4.78, 5) is 11.6. The Hall–Kier alpha value is -2.56. The van der Waals surface area contributed by atoms with Crippen molar-refractivity contribution in [3.8, 4) is 11.5 Å². The first kappa shape index (κ1) is 13.9. The summed E-state index contributed by atoms with van der Waals surface area (Å²) < 4.78 is 22.1. The fourth-order valence-corrected chi connectivity index (χ4v) is 1.53. The summed E-state index contributed by atoms with van der Waals surface area (Å²) in [5, 5.41) is 2.58. The number of rotatable bonds is 5. The van der Waals surface area contributed by atoms with Crippen molar-refractivity contribution in [3.63, 3.8) is 0 Å². The Kier molecular flexibility index (Phi) is 4.94. The third-order valence-electron chi connectivity index (χ3n) is 2.40. The zero-order chi connectivity index (χ0) is 14.2. The predicted molar refractivity (Wildman–Crippen MR) is 74.0 cm³/mol. The van der Waals surface area contributed by atoms with Gasteiger partial charge in [0.1, 0.15) is 24.8 Å². The number of benzene rings is 2. The van der Waals surface area contributed by atoms with E-state index in [1.54, 1.807) is 48.5 Å². The predicted octanol–water partition coefficient (Wildman–Crippen LogP) is 3.65. The van der Waals surface area contributed by atoms with Gasteiger partial charge in [-0.3, -0.25) is 5.32 Å². The molecule has 2 aromatic rings. The zero-order valence-electron chi connectivity index (χ0n) is 10.7. The quantitative estimate of drug-likeness (QED) is 0.906. The molecular weight excluding hydrogens is 261 g/mol. The van der Waals surface area contributed by atoms with Crippen LogP contribution < -0.4 is 14.8 Å². The number of anilines is 1. The number of hydrogen-bond acceptors (Lipinski definition) is 3. The van der Waals surface area contributed by atoms with E-state index in [0.29, 0.717) is 17.2 Å². The molecule has 4 nitrogen and oxygen atoms in total. The Morgan fingerprint density at radius 1 is 1.00 bits per heavy atom. The highest BCUT2D eigenvalue weighted by Gasteiger charge is 2.04. The lowest BCUT2D eigenvalue weighted by Crippen LogP contribution is -2.16. The third kappa shape index (κ3) is 4.28. The lowest BCUT2D eigenvalue weighted by Gasteiger charge is -2.08. The highest BCUT2D eigenvalue weighted by Crippen LogP contribution is 2.16. The van der Waals surface area contributed by atoms with Crippen LogP contribution in [0.15, 0.2) is 54.6 Å². The van der Waals surface area contributed by atoms with Crippen LogP contribution in [0.1, 0.15) is 0 Å². The van der Waals surface area contributed by atoms with Gasteiger partial charge in [0, 0.05) is 5.69 Å². The number of amides is 1. The molecule has 104 valence electrons. The largest absolute Gasteiger partial charge is 0.491 e. The summed E-state index contributed by atoms with van der Waals surface area (Å²) in [5.74, 6) is 1.01. The Labute approximate surface area is 116 Å². The molecule has 0 saturated heterocycles. The smallest absolute Gasteiger partial charge is 0.417 e.